The summed E-state index contributed by atoms with van der Waals surface area (Å²) in [6.45, 7) is 0. The van der Waals surface area contributed by atoms with E-state index in [4.69, 9.17) is 4.98 Å². The van der Waals surface area contributed by atoms with Crippen molar-refractivity contribution in [3.05, 3.63) is 206 Å². The number of nitrogens with one attached hydrogen (secondary N) is 2. The molecule has 3 heterocycles. The quantitative estimate of drug-likeness (QED) is 0.157. The zero-order valence-electron chi connectivity index (χ0n) is 32.0. The van der Waals surface area contributed by atoms with Crippen molar-refractivity contribution in [2.75, 3.05) is 0 Å². The van der Waals surface area contributed by atoms with E-state index >= 15 is 0 Å². The normalized spacial score (nSPS) is 11.5. The van der Waals surface area contributed by atoms with Crippen molar-refractivity contribution < 1.29 is 5.11 Å². The Balaban J connectivity index is 0.000000222. The van der Waals surface area contributed by atoms with Crippen LogP contribution < -0.4 is 0 Å². The van der Waals surface area contributed by atoms with Gasteiger partial charge in [-0.05, 0) is 69.8 Å². The maximum absolute atomic E-state index is 9.87. The summed E-state index contributed by atoms with van der Waals surface area (Å²) in [4.78, 5) is 12.5. The molecule has 0 bridgehead atoms. The zero-order valence-corrected chi connectivity index (χ0v) is 32.0. The second kappa shape index (κ2) is 14.2. The fourth-order valence-corrected chi connectivity index (χ4v) is 8.71. The number of phenolic OH excluding ortho intramolecular Hbond substituents is 1. The van der Waals surface area contributed by atoms with Crippen molar-refractivity contribution in [1.82, 2.24) is 15.0 Å². The number of para-hydroxylation sites is 4. The summed E-state index contributed by atoms with van der Waals surface area (Å²) in [5, 5.41) is 19.1. The third-order valence-corrected chi connectivity index (χ3v) is 11.5. The van der Waals surface area contributed by atoms with Gasteiger partial charge in [-0.1, -0.05) is 164 Å². The van der Waals surface area contributed by atoms with Crippen LogP contribution in [-0.4, -0.2) is 20.1 Å². The standard InChI is InChI=1S/C41H27N3.C14H10O/c1-3-20-38-32(14-1)34-18-7-16-30(40(34)43-38)26-10-5-12-28(24-26)36-22-9-23-37(42-36)29-13-6-11-27(25-29)31-17-8-19-35-33-15-2-4-21-39(33)44-41(31)35;15-14-9-10-5-1-2-6-11(10)12-7-3-4-8-13(12)14/h1-25,43-44H;1-9,15H. The van der Waals surface area contributed by atoms with E-state index < -0.39 is 0 Å². The van der Waals surface area contributed by atoms with Crippen molar-refractivity contribution >= 4 is 65.2 Å². The van der Waals surface area contributed by atoms with Crippen molar-refractivity contribution in [3.63, 3.8) is 0 Å². The highest BCUT2D eigenvalue weighted by molar-refractivity contribution is 6.13. The van der Waals surface area contributed by atoms with Crippen LogP contribution in [0, 0.1) is 0 Å². The van der Waals surface area contributed by atoms with Crippen LogP contribution in [0.1, 0.15) is 0 Å². The minimum Gasteiger partial charge on any atom is -0.507 e. The molecule has 0 aliphatic rings. The van der Waals surface area contributed by atoms with Gasteiger partial charge in [0.1, 0.15) is 5.75 Å². The van der Waals surface area contributed by atoms with Gasteiger partial charge in [-0.2, -0.15) is 0 Å². The summed E-state index contributed by atoms with van der Waals surface area (Å²) >= 11 is 0. The Morgan fingerprint density at radius 3 is 1.32 bits per heavy atom. The molecule has 4 heteroatoms. The van der Waals surface area contributed by atoms with Gasteiger partial charge < -0.3 is 15.1 Å². The molecule has 0 radical (unpaired) electrons. The molecule has 4 nitrogen and oxygen atoms in total. The molecule has 12 rings (SSSR count). The van der Waals surface area contributed by atoms with Crippen molar-refractivity contribution in [2.24, 2.45) is 0 Å². The van der Waals surface area contributed by atoms with Crippen LogP contribution in [0.5, 0.6) is 5.75 Å². The molecule has 278 valence electrons. The molecule has 0 spiro atoms. The van der Waals surface area contributed by atoms with Crippen LogP contribution in [0.3, 0.4) is 0 Å². The number of nitrogens with zero attached hydrogens (tertiary/aromatic N) is 1. The number of aromatic amines is 2. The van der Waals surface area contributed by atoms with Crippen LogP contribution in [0.25, 0.3) is 110 Å². The first-order valence-corrected chi connectivity index (χ1v) is 19.9. The van der Waals surface area contributed by atoms with Gasteiger partial charge in [0.05, 0.1) is 22.4 Å². The predicted octanol–water partition coefficient (Wildman–Crippen LogP) is 14.7. The Morgan fingerprint density at radius 2 is 0.746 bits per heavy atom. The summed E-state index contributed by atoms with van der Waals surface area (Å²) in [5.41, 5.74) is 13.4. The summed E-state index contributed by atoms with van der Waals surface area (Å²) in [6, 6.07) is 71.6. The maximum atomic E-state index is 9.87. The van der Waals surface area contributed by atoms with E-state index in [1.807, 2.05) is 48.5 Å². The van der Waals surface area contributed by atoms with E-state index in [9.17, 15) is 5.11 Å². The number of rotatable bonds is 4. The van der Waals surface area contributed by atoms with E-state index in [-0.39, 0.29) is 0 Å². The number of phenols is 1. The average molecular weight is 756 g/mol. The van der Waals surface area contributed by atoms with E-state index in [0.717, 1.165) is 60.7 Å². The Morgan fingerprint density at radius 1 is 0.322 bits per heavy atom. The van der Waals surface area contributed by atoms with E-state index in [0.29, 0.717) is 5.75 Å². The highest BCUT2D eigenvalue weighted by Gasteiger charge is 2.13. The van der Waals surface area contributed by atoms with Gasteiger partial charge in [-0.3, -0.25) is 0 Å². The van der Waals surface area contributed by atoms with Crippen LogP contribution in [0.4, 0.5) is 0 Å². The molecule has 0 saturated heterocycles. The SMILES string of the molecule is Oc1cc2ccccc2c2ccccc12.c1cc(-c2cccc(-c3cccc(-c4cccc5c4[nH]c4ccccc45)c3)n2)cc(-c2cccc3c2[nH]c2ccccc23)c1. The molecule has 12 aromatic rings. The molecule has 0 unspecified atom stereocenters. The number of aromatic hydroxyl groups is 1. The number of fused-ring (bicyclic) bond motifs is 9. The van der Waals surface area contributed by atoms with Crippen molar-refractivity contribution in [1.29, 1.82) is 0 Å². The highest BCUT2D eigenvalue weighted by atomic mass is 16.3. The summed E-state index contributed by atoms with van der Waals surface area (Å²) in [7, 11) is 0. The molecule has 9 aromatic carbocycles. The minimum absolute atomic E-state index is 0.351. The molecular weight excluding hydrogens is 719 g/mol. The number of aromatic nitrogens is 3. The Hall–Kier alpha value is -7.95. The minimum atomic E-state index is 0.351. The molecule has 3 N–H and O–H groups in total. The molecule has 0 fully saturated rings. The third-order valence-electron chi connectivity index (χ3n) is 11.5. The van der Waals surface area contributed by atoms with Crippen molar-refractivity contribution in [2.45, 2.75) is 0 Å². The first-order valence-electron chi connectivity index (χ1n) is 19.9. The van der Waals surface area contributed by atoms with Gasteiger partial charge in [-0.15, -0.1) is 0 Å². The molecule has 0 atom stereocenters. The third kappa shape index (κ3) is 6.06. The highest BCUT2D eigenvalue weighted by Crippen LogP contribution is 2.37. The number of benzene rings is 9. The van der Waals surface area contributed by atoms with E-state index in [2.05, 4.69) is 168 Å². The monoisotopic (exact) mass is 755 g/mol. The lowest BCUT2D eigenvalue weighted by Gasteiger charge is -2.10. The van der Waals surface area contributed by atoms with Gasteiger partial charge in [0.25, 0.3) is 0 Å². The summed E-state index contributed by atoms with van der Waals surface area (Å²) < 4.78 is 0. The van der Waals surface area contributed by atoms with E-state index in [1.165, 1.54) is 49.2 Å². The summed E-state index contributed by atoms with van der Waals surface area (Å²) in [5.74, 6) is 0.351. The van der Waals surface area contributed by atoms with Crippen molar-refractivity contribution in [3.8, 4) is 50.5 Å². The van der Waals surface area contributed by atoms with Crippen LogP contribution in [0.15, 0.2) is 206 Å². The lowest BCUT2D eigenvalue weighted by atomic mass is 9.98. The molecule has 0 aliphatic carbocycles. The Kier molecular flexibility index (Phi) is 8.26. The molecule has 3 aromatic heterocycles. The van der Waals surface area contributed by atoms with E-state index in [1.54, 1.807) is 0 Å². The molecule has 0 saturated carbocycles. The number of hydrogen-bond acceptors (Lipinski definition) is 2. The number of pyridine rings is 1. The maximum Gasteiger partial charge on any atom is 0.124 e. The topological polar surface area (TPSA) is 64.7 Å². The largest absolute Gasteiger partial charge is 0.507 e. The zero-order chi connectivity index (χ0) is 39.3. The van der Waals surface area contributed by atoms with Crippen LogP contribution >= 0.6 is 0 Å². The molecule has 0 amide bonds. The lowest BCUT2D eigenvalue weighted by Crippen LogP contribution is -1.90. The fourth-order valence-electron chi connectivity index (χ4n) is 8.71. The molecule has 0 aliphatic heterocycles. The van der Waals surface area contributed by atoms with Gasteiger partial charge in [0, 0.05) is 60.2 Å². The molecular formula is C55H37N3O. The lowest BCUT2D eigenvalue weighted by molar-refractivity contribution is 0.482. The Labute approximate surface area is 340 Å². The van der Waals surface area contributed by atoms with Crippen LogP contribution in [0.2, 0.25) is 0 Å². The van der Waals surface area contributed by atoms with Crippen LogP contribution in [-0.2, 0) is 0 Å². The number of hydrogen-bond donors (Lipinski definition) is 3. The van der Waals surface area contributed by atoms with Gasteiger partial charge in [0.15, 0.2) is 0 Å². The fraction of sp³-hybridized carbons (Fsp3) is 0. The summed E-state index contributed by atoms with van der Waals surface area (Å²) in [6.07, 6.45) is 0. The smallest absolute Gasteiger partial charge is 0.124 e. The number of H-pyrrole nitrogens is 2. The van der Waals surface area contributed by atoms with Gasteiger partial charge >= 0.3 is 0 Å². The first kappa shape index (κ1) is 34.3. The first-order chi connectivity index (χ1) is 29.2. The average Bonchev–Trinajstić information content (AvgIpc) is 3.88. The second-order valence-corrected chi connectivity index (χ2v) is 15.0. The Bertz CT molecular complexity index is 3370. The van der Waals surface area contributed by atoms with Gasteiger partial charge in [0.2, 0.25) is 0 Å². The second-order valence-electron chi connectivity index (χ2n) is 15.0. The molecule has 59 heavy (non-hydrogen) atoms. The predicted molar refractivity (Wildman–Crippen MR) is 248 cm³/mol. The van der Waals surface area contributed by atoms with Gasteiger partial charge in [-0.25, -0.2) is 4.98 Å².